The highest BCUT2D eigenvalue weighted by Gasteiger charge is 2.18. The Morgan fingerprint density at radius 3 is 1.21 bits per heavy atom. The summed E-state index contributed by atoms with van der Waals surface area (Å²) in [6.45, 7) is 0. The van der Waals surface area contributed by atoms with Crippen LogP contribution >= 0.6 is 0 Å². The first-order valence-corrected chi connectivity index (χ1v) is 22.7. The summed E-state index contributed by atoms with van der Waals surface area (Å²) >= 11 is 0. The van der Waals surface area contributed by atoms with Crippen LogP contribution < -0.4 is 4.90 Å². The van der Waals surface area contributed by atoms with Gasteiger partial charge in [0.05, 0.1) is 11.0 Å². The van der Waals surface area contributed by atoms with Crippen LogP contribution in [0.25, 0.3) is 93.9 Å². The third kappa shape index (κ3) is 6.93. The van der Waals surface area contributed by atoms with E-state index in [9.17, 15) is 0 Å². The second-order valence-electron chi connectivity index (χ2n) is 16.8. The number of fused-ring (bicyclic) bond motifs is 4. The number of benzene rings is 11. The van der Waals surface area contributed by atoms with E-state index in [0.717, 1.165) is 17.1 Å². The average molecular weight is 841 g/mol. The first kappa shape index (κ1) is 38.9. The van der Waals surface area contributed by atoms with Crippen molar-refractivity contribution in [3.63, 3.8) is 0 Å². The zero-order valence-electron chi connectivity index (χ0n) is 36.3. The molecule has 0 spiro atoms. The molecule has 0 atom stereocenters. The lowest BCUT2D eigenvalue weighted by Gasteiger charge is -2.26. The maximum absolute atomic E-state index is 2.38. The molecule has 0 fully saturated rings. The van der Waals surface area contributed by atoms with Crippen LogP contribution in [0, 0.1) is 0 Å². The minimum absolute atomic E-state index is 1.10. The van der Waals surface area contributed by atoms with Gasteiger partial charge < -0.3 is 9.47 Å². The lowest BCUT2D eigenvalue weighted by molar-refractivity contribution is 1.18. The molecule has 12 rings (SSSR count). The van der Waals surface area contributed by atoms with E-state index >= 15 is 0 Å². The molecule has 0 aliphatic heterocycles. The maximum atomic E-state index is 2.38. The number of anilines is 3. The highest BCUT2D eigenvalue weighted by molar-refractivity contribution is 6.12. The highest BCUT2D eigenvalue weighted by Crippen LogP contribution is 2.43. The van der Waals surface area contributed by atoms with Gasteiger partial charge in [0, 0.05) is 33.5 Å². The van der Waals surface area contributed by atoms with Crippen molar-refractivity contribution >= 4 is 49.6 Å². The molecule has 0 saturated carbocycles. The van der Waals surface area contributed by atoms with Crippen LogP contribution in [0.3, 0.4) is 0 Å². The van der Waals surface area contributed by atoms with Gasteiger partial charge in [0.1, 0.15) is 0 Å². The lowest BCUT2D eigenvalue weighted by Crippen LogP contribution is -2.09. The van der Waals surface area contributed by atoms with Crippen molar-refractivity contribution < 1.29 is 0 Å². The molecule has 1 aromatic heterocycles. The maximum Gasteiger partial charge on any atom is 0.0541 e. The summed E-state index contributed by atoms with van der Waals surface area (Å²) in [6, 6.07) is 96.7. The number of para-hydroxylation sites is 3. The number of aromatic nitrogens is 1. The third-order valence-corrected chi connectivity index (χ3v) is 13.0. The zero-order valence-corrected chi connectivity index (χ0v) is 36.3. The summed E-state index contributed by atoms with van der Waals surface area (Å²) in [6.07, 6.45) is 0. The normalized spacial score (nSPS) is 11.3. The highest BCUT2D eigenvalue weighted by atomic mass is 15.1. The van der Waals surface area contributed by atoms with Gasteiger partial charge in [-0.15, -0.1) is 0 Å². The minimum atomic E-state index is 1.10. The predicted octanol–water partition coefficient (Wildman–Crippen LogP) is 17.7. The zero-order chi connectivity index (χ0) is 43.8. The van der Waals surface area contributed by atoms with E-state index in [0.29, 0.717) is 0 Å². The molecular formula is C64H44N2. The van der Waals surface area contributed by atoms with Crippen molar-refractivity contribution in [2.75, 3.05) is 4.90 Å². The third-order valence-electron chi connectivity index (χ3n) is 13.0. The van der Waals surface area contributed by atoms with E-state index in [1.165, 1.54) is 93.9 Å². The second kappa shape index (κ2) is 16.8. The first-order valence-electron chi connectivity index (χ1n) is 22.7. The molecule has 0 saturated heterocycles. The van der Waals surface area contributed by atoms with E-state index in [1.54, 1.807) is 0 Å². The molecule has 66 heavy (non-hydrogen) atoms. The Balaban J connectivity index is 0.889. The molecular weight excluding hydrogens is 797 g/mol. The topological polar surface area (TPSA) is 8.17 Å². The van der Waals surface area contributed by atoms with Gasteiger partial charge in [0.2, 0.25) is 0 Å². The predicted molar refractivity (Wildman–Crippen MR) is 280 cm³/mol. The molecule has 0 aliphatic rings. The summed E-state index contributed by atoms with van der Waals surface area (Å²) in [7, 11) is 0. The van der Waals surface area contributed by atoms with E-state index < -0.39 is 0 Å². The Bertz CT molecular complexity index is 3660. The summed E-state index contributed by atoms with van der Waals surface area (Å²) in [5.74, 6) is 0. The molecule has 12 aromatic rings. The molecule has 11 aromatic carbocycles. The van der Waals surface area contributed by atoms with Crippen LogP contribution in [-0.2, 0) is 0 Å². The van der Waals surface area contributed by atoms with Gasteiger partial charge in [-0.1, -0.05) is 200 Å². The lowest BCUT2D eigenvalue weighted by atomic mass is 9.89. The monoisotopic (exact) mass is 840 g/mol. The number of nitrogens with zero attached hydrogens (tertiary/aromatic N) is 2. The standard InChI is InChI=1S/C64H44N2/c1-4-18-45(19-5-1)53-24-10-12-26-57(53)58-27-13-11-25-54(58)46-32-37-51(38-33-46)65(49-20-6-2-7-21-49)52-39-34-47(35-40-52)55-41-42-56(60-29-15-14-28-59(55)60)48-36-43-64-62(44-48)61-30-16-17-31-63(61)66(64)50-22-8-3-9-23-50/h1-44H. The Hall–Kier alpha value is -8.72. The SMILES string of the molecule is c1ccc(-c2ccccc2-c2ccccc2-c2ccc(N(c3ccccc3)c3ccc(-c4ccc(-c5ccc6c(c5)c5ccccc5n6-c5ccccc5)c5ccccc45)cc3)cc2)cc1. The van der Waals surface area contributed by atoms with Crippen LogP contribution in [0.4, 0.5) is 17.1 Å². The minimum Gasteiger partial charge on any atom is -0.311 e. The van der Waals surface area contributed by atoms with Gasteiger partial charge in [0.15, 0.2) is 0 Å². The van der Waals surface area contributed by atoms with Gasteiger partial charge >= 0.3 is 0 Å². The van der Waals surface area contributed by atoms with Gasteiger partial charge in [0.25, 0.3) is 0 Å². The number of hydrogen-bond donors (Lipinski definition) is 0. The summed E-state index contributed by atoms with van der Waals surface area (Å²) in [5, 5.41) is 4.98. The van der Waals surface area contributed by atoms with Crippen molar-refractivity contribution in [1.82, 2.24) is 4.57 Å². The molecule has 0 bridgehead atoms. The molecule has 0 unspecified atom stereocenters. The molecule has 0 N–H and O–H groups in total. The summed E-state index contributed by atoms with van der Waals surface area (Å²) in [5.41, 5.74) is 19.0. The largest absolute Gasteiger partial charge is 0.311 e. The number of hydrogen-bond acceptors (Lipinski definition) is 1. The molecule has 2 nitrogen and oxygen atoms in total. The van der Waals surface area contributed by atoms with Crippen LogP contribution in [0.1, 0.15) is 0 Å². The molecule has 0 amide bonds. The molecule has 310 valence electrons. The van der Waals surface area contributed by atoms with Crippen molar-refractivity contribution in [3.05, 3.63) is 267 Å². The van der Waals surface area contributed by atoms with E-state index in [1.807, 2.05) is 0 Å². The van der Waals surface area contributed by atoms with Gasteiger partial charge in [-0.3, -0.25) is 0 Å². The van der Waals surface area contributed by atoms with Gasteiger partial charge in [-0.05, 0) is 133 Å². The van der Waals surface area contributed by atoms with Crippen molar-refractivity contribution in [3.8, 4) is 61.3 Å². The summed E-state index contributed by atoms with van der Waals surface area (Å²) in [4.78, 5) is 2.34. The van der Waals surface area contributed by atoms with Gasteiger partial charge in [-0.25, -0.2) is 0 Å². The van der Waals surface area contributed by atoms with Crippen LogP contribution in [0.5, 0.6) is 0 Å². The fourth-order valence-corrected chi connectivity index (χ4v) is 9.96. The quantitative estimate of drug-likeness (QED) is 0.141. The van der Waals surface area contributed by atoms with Crippen LogP contribution in [0.2, 0.25) is 0 Å². The Kier molecular flexibility index (Phi) is 9.89. The van der Waals surface area contributed by atoms with Crippen molar-refractivity contribution in [2.45, 2.75) is 0 Å². The molecule has 2 heteroatoms. The van der Waals surface area contributed by atoms with Crippen molar-refractivity contribution in [1.29, 1.82) is 0 Å². The summed E-state index contributed by atoms with van der Waals surface area (Å²) < 4.78 is 2.38. The number of rotatable bonds is 9. The van der Waals surface area contributed by atoms with Crippen LogP contribution in [-0.4, -0.2) is 4.57 Å². The fourth-order valence-electron chi connectivity index (χ4n) is 9.96. The Labute approximate surface area is 385 Å². The molecule has 1 heterocycles. The van der Waals surface area contributed by atoms with Crippen molar-refractivity contribution in [2.24, 2.45) is 0 Å². The Morgan fingerprint density at radius 2 is 0.621 bits per heavy atom. The molecule has 0 aliphatic carbocycles. The Morgan fingerprint density at radius 1 is 0.227 bits per heavy atom. The van der Waals surface area contributed by atoms with E-state index in [2.05, 4.69) is 276 Å². The second-order valence-corrected chi connectivity index (χ2v) is 16.8. The average Bonchev–Trinajstić information content (AvgIpc) is 3.73. The molecule has 0 radical (unpaired) electrons. The smallest absolute Gasteiger partial charge is 0.0541 e. The fraction of sp³-hybridized carbons (Fsp3) is 0. The van der Waals surface area contributed by atoms with E-state index in [4.69, 9.17) is 0 Å². The first-order chi connectivity index (χ1) is 32.8. The van der Waals surface area contributed by atoms with Gasteiger partial charge in [-0.2, -0.15) is 0 Å². The van der Waals surface area contributed by atoms with E-state index in [-0.39, 0.29) is 0 Å². The van der Waals surface area contributed by atoms with Crippen LogP contribution in [0.15, 0.2) is 267 Å².